The van der Waals surface area contributed by atoms with Crippen molar-refractivity contribution in [2.45, 2.75) is 13.0 Å². The van der Waals surface area contributed by atoms with E-state index in [9.17, 15) is 10.1 Å². The molecule has 2 rings (SSSR count). The third-order valence-corrected chi connectivity index (χ3v) is 3.94. The molecule has 0 unspecified atom stereocenters. The first-order chi connectivity index (χ1) is 13.0. The maximum Gasteiger partial charge on any atom is 0.294 e. The molecule has 0 aliphatic rings. The third-order valence-electron chi connectivity index (χ3n) is 3.94. The smallest absolute Gasteiger partial charge is 0.294 e. The molecule has 9 heteroatoms. The van der Waals surface area contributed by atoms with Crippen molar-refractivity contribution in [2.75, 3.05) is 43.0 Å². The van der Waals surface area contributed by atoms with Gasteiger partial charge >= 0.3 is 0 Å². The maximum atomic E-state index is 11.0. The first-order valence-electron chi connectivity index (χ1n) is 8.71. The highest BCUT2D eigenvalue weighted by molar-refractivity contribution is 5.66. The van der Waals surface area contributed by atoms with Gasteiger partial charge < -0.3 is 32.6 Å². The van der Waals surface area contributed by atoms with E-state index in [-0.39, 0.29) is 5.69 Å². The Hall–Kier alpha value is -3.04. The molecular formula is C18H26N6O3. The predicted molar refractivity (Wildman–Crippen MR) is 108 cm³/mol. The van der Waals surface area contributed by atoms with Crippen LogP contribution in [-0.4, -0.2) is 31.2 Å². The van der Waals surface area contributed by atoms with Crippen LogP contribution in [0.3, 0.4) is 0 Å². The van der Waals surface area contributed by atoms with Crippen molar-refractivity contribution in [2.24, 2.45) is 5.73 Å². The summed E-state index contributed by atoms with van der Waals surface area (Å²) in [6.45, 7) is 2.96. The highest BCUT2D eigenvalue weighted by Gasteiger charge is 2.13. The molecule has 146 valence electrons. The van der Waals surface area contributed by atoms with Crippen molar-refractivity contribution in [3.63, 3.8) is 0 Å². The number of nitrogen functional groups attached to an aromatic ring is 2. The van der Waals surface area contributed by atoms with E-state index in [0.29, 0.717) is 43.3 Å². The summed E-state index contributed by atoms with van der Waals surface area (Å²) in [4.78, 5) is 10.6. The zero-order valence-corrected chi connectivity index (χ0v) is 15.1. The average molecular weight is 374 g/mol. The van der Waals surface area contributed by atoms with Gasteiger partial charge in [-0.2, -0.15) is 0 Å². The molecule has 2 aromatic carbocycles. The number of nitrogens with two attached hydrogens (primary N) is 3. The van der Waals surface area contributed by atoms with Crippen LogP contribution >= 0.6 is 0 Å². The standard InChI is InChI=1S/C18H26N6O3/c19-12-13-2-4-15(11-16(13)21)27-9-1-6-22-7-8-23-17-5-3-14(20)10-18(17)24(25)26/h2-5,10-11,22-23H,1,6-9,12,19-21H2. The number of hydrogen-bond acceptors (Lipinski definition) is 8. The Morgan fingerprint density at radius 2 is 1.89 bits per heavy atom. The monoisotopic (exact) mass is 374 g/mol. The van der Waals surface area contributed by atoms with E-state index in [2.05, 4.69) is 10.6 Å². The third kappa shape index (κ3) is 6.32. The molecule has 0 aliphatic heterocycles. The molecule has 0 bridgehead atoms. The van der Waals surface area contributed by atoms with Crippen LogP contribution in [0.15, 0.2) is 36.4 Å². The van der Waals surface area contributed by atoms with Crippen molar-refractivity contribution in [3.05, 3.63) is 52.1 Å². The molecule has 0 heterocycles. The van der Waals surface area contributed by atoms with E-state index in [1.165, 1.54) is 6.07 Å². The zero-order chi connectivity index (χ0) is 19.6. The van der Waals surface area contributed by atoms with Crippen LogP contribution in [0.25, 0.3) is 0 Å². The Labute approximate surface area is 158 Å². The molecule has 2 aromatic rings. The SMILES string of the molecule is NCc1ccc(OCCCNCCNc2ccc(N)cc2[N+](=O)[O-])cc1N. The quantitative estimate of drug-likeness (QED) is 0.172. The lowest BCUT2D eigenvalue weighted by molar-refractivity contribution is -0.383. The molecule has 0 atom stereocenters. The number of hydrogen-bond donors (Lipinski definition) is 5. The molecule has 0 aromatic heterocycles. The minimum absolute atomic E-state index is 0.0247. The van der Waals surface area contributed by atoms with E-state index in [1.807, 2.05) is 12.1 Å². The molecule has 0 saturated heterocycles. The van der Waals surface area contributed by atoms with E-state index < -0.39 is 4.92 Å². The average Bonchev–Trinajstić information content (AvgIpc) is 2.64. The predicted octanol–water partition coefficient (Wildman–Crippen LogP) is 1.69. The largest absolute Gasteiger partial charge is 0.493 e. The minimum atomic E-state index is -0.448. The van der Waals surface area contributed by atoms with Gasteiger partial charge in [-0.3, -0.25) is 10.1 Å². The highest BCUT2D eigenvalue weighted by atomic mass is 16.6. The van der Waals surface area contributed by atoms with Crippen molar-refractivity contribution < 1.29 is 9.66 Å². The lowest BCUT2D eigenvalue weighted by atomic mass is 10.2. The maximum absolute atomic E-state index is 11.0. The van der Waals surface area contributed by atoms with E-state index in [0.717, 1.165) is 24.3 Å². The van der Waals surface area contributed by atoms with E-state index in [1.54, 1.807) is 18.2 Å². The van der Waals surface area contributed by atoms with Crippen LogP contribution in [-0.2, 0) is 6.54 Å². The number of nitro groups is 1. The van der Waals surface area contributed by atoms with Gasteiger partial charge in [-0.15, -0.1) is 0 Å². The summed E-state index contributed by atoms with van der Waals surface area (Å²) in [5, 5.41) is 17.3. The lowest BCUT2D eigenvalue weighted by Gasteiger charge is -2.10. The summed E-state index contributed by atoms with van der Waals surface area (Å²) in [6, 6.07) is 10.1. The van der Waals surface area contributed by atoms with Crippen LogP contribution in [0.5, 0.6) is 5.75 Å². The minimum Gasteiger partial charge on any atom is -0.493 e. The second-order valence-corrected chi connectivity index (χ2v) is 5.98. The Bertz CT molecular complexity index is 769. The summed E-state index contributed by atoms with van der Waals surface area (Å²) in [5.41, 5.74) is 19.4. The topological polar surface area (TPSA) is 154 Å². The number of nitro benzene ring substituents is 1. The van der Waals surface area contributed by atoms with Gasteiger partial charge in [-0.1, -0.05) is 6.07 Å². The number of ether oxygens (including phenoxy) is 1. The zero-order valence-electron chi connectivity index (χ0n) is 15.1. The molecule has 0 amide bonds. The number of nitrogens with one attached hydrogen (secondary N) is 2. The second kappa shape index (κ2) is 10.2. The molecule has 0 fully saturated rings. The van der Waals surface area contributed by atoms with Crippen molar-refractivity contribution >= 4 is 22.7 Å². The molecule has 8 N–H and O–H groups in total. The fourth-order valence-corrected chi connectivity index (χ4v) is 2.50. The molecule has 0 aliphatic carbocycles. The van der Waals surface area contributed by atoms with E-state index in [4.69, 9.17) is 21.9 Å². The van der Waals surface area contributed by atoms with Crippen molar-refractivity contribution in [3.8, 4) is 5.75 Å². The Morgan fingerprint density at radius 3 is 2.59 bits per heavy atom. The van der Waals surface area contributed by atoms with Crippen LogP contribution < -0.4 is 32.6 Å². The Balaban J connectivity index is 1.61. The highest BCUT2D eigenvalue weighted by Crippen LogP contribution is 2.26. The van der Waals surface area contributed by atoms with Crippen LogP contribution in [0.4, 0.5) is 22.7 Å². The number of benzene rings is 2. The molecule has 27 heavy (non-hydrogen) atoms. The van der Waals surface area contributed by atoms with Gasteiger partial charge in [0.05, 0.1) is 11.5 Å². The van der Waals surface area contributed by atoms with Gasteiger partial charge in [0.1, 0.15) is 11.4 Å². The first-order valence-corrected chi connectivity index (χ1v) is 8.71. The summed E-state index contributed by atoms with van der Waals surface area (Å²) in [7, 11) is 0. The van der Waals surface area contributed by atoms with Gasteiger partial charge in [0.15, 0.2) is 0 Å². The molecule has 0 spiro atoms. The van der Waals surface area contributed by atoms with Gasteiger partial charge in [-0.05, 0) is 36.7 Å². The number of anilines is 3. The summed E-state index contributed by atoms with van der Waals surface area (Å²) in [5.74, 6) is 0.724. The van der Waals surface area contributed by atoms with Crippen LogP contribution in [0.2, 0.25) is 0 Å². The summed E-state index contributed by atoms with van der Waals surface area (Å²) in [6.07, 6.45) is 0.820. The summed E-state index contributed by atoms with van der Waals surface area (Å²) >= 11 is 0. The lowest BCUT2D eigenvalue weighted by Crippen LogP contribution is -2.24. The number of nitrogens with zero attached hydrogens (tertiary/aromatic N) is 1. The van der Waals surface area contributed by atoms with Crippen LogP contribution in [0.1, 0.15) is 12.0 Å². The van der Waals surface area contributed by atoms with Gasteiger partial charge in [0.25, 0.3) is 5.69 Å². The van der Waals surface area contributed by atoms with Gasteiger partial charge in [-0.25, -0.2) is 0 Å². The number of rotatable bonds is 11. The van der Waals surface area contributed by atoms with E-state index >= 15 is 0 Å². The fourth-order valence-electron chi connectivity index (χ4n) is 2.50. The Morgan fingerprint density at radius 1 is 1.07 bits per heavy atom. The molecule has 0 radical (unpaired) electrons. The molecular weight excluding hydrogens is 348 g/mol. The van der Waals surface area contributed by atoms with Gasteiger partial charge in [0.2, 0.25) is 0 Å². The van der Waals surface area contributed by atoms with Crippen molar-refractivity contribution in [1.29, 1.82) is 0 Å². The van der Waals surface area contributed by atoms with Crippen molar-refractivity contribution in [1.82, 2.24) is 5.32 Å². The molecule has 9 nitrogen and oxygen atoms in total. The van der Waals surface area contributed by atoms with Gasteiger partial charge in [0, 0.05) is 43.1 Å². The summed E-state index contributed by atoms with van der Waals surface area (Å²) < 4.78 is 5.65. The second-order valence-electron chi connectivity index (χ2n) is 5.98. The fraction of sp³-hybridized carbons (Fsp3) is 0.333. The van der Waals surface area contributed by atoms with Crippen LogP contribution in [0, 0.1) is 10.1 Å². The normalized spacial score (nSPS) is 10.6. The molecule has 0 saturated carbocycles. The first kappa shape index (κ1) is 20.3. The Kier molecular flexibility index (Phi) is 7.65.